The van der Waals surface area contributed by atoms with Crippen LogP contribution in [0.5, 0.6) is 0 Å². The summed E-state index contributed by atoms with van der Waals surface area (Å²) in [6.45, 7) is 8.38. The zero-order valence-electron chi connectivity index (χ0n) is 19.7. The van der Waals surface area contributed by atoms with Crippen molar-refractivity contribution in [1.82, 2.24) is 15.1 Å². The summed E-state index contributed by atoms with van der Waals surface area (Å²) in [7, 11) is 0. The minimum Gasteiger partial charge on any atom is -0.441 e. The number of likely N-dealkylation sites (tertiary alicyclic amines) is 1. The summed E-state index contributed by atoms with van der Waals surface area (Å²) in [4.78, 5) is 29.6. The molecule has 32 heavy (non-hydrogen) atoms. The fraction of sp³-hybridized carbons (Fsp3) is 0.917. The van der Waals surface area contributed by atoms with Crippen LogP contribution >= 0.6 is 11.8 Å². The lowest BCUT2D eigenvalue weighted by Gasteiger charge is -2.37. The van der Waals surface area contributed by atoms with Gasteiger partial charge in [-0.05, 0) is 50.2 Å². The molecule has 1 atom stereocenters. The van der Waals surface area contributed by atoms with Crippen molar-refractivity contribution < 1.29 is 19.1 Å². The highest BCUT2D eigenvalue weighted by atomic mass is 32.2. The smallest absolute Gasteiger partial charge is 0.410 e. The van der Waals surface area contributed by atoms with Gasteiger partial charge >= 0.3 is 6.09 Å². The van der Waals surface area contributed by atoms with Crippen molar-refractivity contribution in [3.63, 3.8) is 0 Å². The lowest BCUT2D eigenvalue weighted by atomic mass is 9.81. The molecule has 3 saturated heterocycles. The molecular weight excluding hydrogens is 426 g/mol. The molecule has 2 amide bonds. The number of amides is 2. The molecular formula is C24H41N3O4S. The number of carbonyl (C=O) groups excluding carboxylic acids is 2. The van der Waals surface area contributed by atoms with Crippen LogP contribution in [0, 0.1) is 11.8 Å². The second-order valence-corrected chi connectivity index (χ2v) is 11.5. The van der Waals surface area contributed by atoms with E-state index in [0.717, 1.165) is 90.7 Å². The van der Waals surface area contributed by atoms with Gasteiger partial charge in [0.15, 0.2) is 0 Å². The second kappa shape index (κ2) is 11.4. The van der Waals surface area contributed by atoms with Crippen molar-refractivity contribution in [2.45, 2.75) is 70.0 Å². The van der Waals surface area contributed by atoms with Crippen LogP contribution in [0.1, 0.15) is 58.3 Å². The van der Waals surface area contributed by atoms with Gasteiger partial charge in [-0.1, -0.05) is 6.92 Å². The maximum absolute atomic E-state index is 12.6. The highest BCUT2D eigenvalue weighted by molar-refractivity contribution is 7.99. The number of thioether (sulfide) groups is 1. The van der Waals surface area contributed by atoms with Gasteiger partial charge in [-0.3, -0.25) is 4.79 Å². The maximum atomic E-state index is 12.6. The van der Waals surface area contributed by atoms with Crippen LogP contribution in [0.2, 0.25) is 0 Å². The molecule has 0 bridgehead atoms. The van der Waals surface area contributed by atoms with E-state index in [0.29, 0.717) is 12.5 Å². The van der Waals surface area contributed by atoms with Crippen molar-refractivity contribution in [2.24, 2.45) is 11.8 Å². The summed E-state index contributed by atoms with van der Waals surface area (Å²) in [6, 6.07) is 0. The lowest BCUT2D eigenvalue weighted by Crippen LogP contribution is -2.47. The van der Waals surface area contributed by atoms with E-state index in [1.165, 1.54) is 11.5 Å². The van der Waals surface area contributed by atoms with E-state index in [1.54, 1.807) is 0 Å². The number of piperidine rings is 1. The van der Waals surface area contributed by atoms with Crippen molar-refractivity contribution in [3.8, 4) is 0 Å². The van der Waals surface area contributed by atoms with E-state index in [2.05, 4.69) is 17.1 Å². The Labute approximate surface area is 197 Å². The highest BCUT2D eigenvalue weighted by Gasteiger charge is 2.47. The molecule has 3 aliphatic heterocycles. The first-order chi connectivity index (χ1) is 15.6. The van der Waals surface area contributed by atoms with E-state index in [1.807, 2.05) is 16.7 Å². The number of hydrogen-bond acceptors (Lipinski definition) is 6. The first kappa shape index (κ1) is 24.1. The van der Waals surface area contributed by atoms with E-state index >= 15 is 0 Å². The Kier molecular flexibility index (Phi) is 8.62. The Hall–Kier alpha value is -0.990. The molecule has 8 heteroatoms. The molecule has 1 spiro atoms. The van der Waals surface area contributed by atoms with Gasteiger partial charge in [0.25, 0.3) is 0 Å². The van der Waals surface area contributed by atoms with Crippen LogP contribution in [0.25, 0.3) is 0 Å². The molecule has 1 unspecified atom stereocenters. The Balaban J connectivity index is 1.15. The van der Waals surface area contributed by atoms with Crippen molar-refractivity contribution in [1.29, 1.82) is 0 Å². The van der Waals surface area contributed by atoms with Crippen LogP contribution < -0.4 is 5.32 Å². The summed E-state index contributed by atoms with van der Waals surface area (Å²) in [6.07, 6.45) is 7.98. The molecule has 0 aromatic rings. The van der Waals surface area contributed by atoms with E-state index in [-0.39, 0.29) is 29.6 Å². The Morgan fingerprint density at radius 1 is 1.19 bits per heavy atom. The molecule has 1 saturated carbocycles. The number of ether oxygens (including phenoxy) is 2. The first-order valence-corrected chi connectivity index (χ1v) is 13.9. The molecule has 1 aliphatic carbocycles. The van der Waals surface area contributed by atoms with Gasteiger partial charge in [0.05, 0.1) is 12.6 Å². The molecule has 0 aromatic carbocycles. The molecule has 1 N–H and O–H groups in total. The van der Waals surface area contributed by atoms with Crippen LogP contribution in [0.4, 0.5) is 4.79 Å². The average Bonchev–Trinajstić information content (AvgIpc) is 3.42. The zero-order valence-corrected chi connectivity index (χ0v) is 20.5. The minimum atomic E-state index is -0.273. The van der Waals surface area contributed by atoms with Crippen LogP contribution in [0.15, 0.2) is 0 Å². The first-order valence-electron chi connectivity index (χ1n) is 12.7. The highest BCUT2D eigenvalue weighted by Crippen LogP contribution is 2.36. The number of hydrogen-bond donors (Lipinski definition) is 1. The summed E-state index contributed by atoms with van der Waals surface area (Å²) in [5, 5.41) is 3.09. The average molecular weight is 468 g/mol. The van der Waals surface area contributed by atoms with Crippen molar-refractivity contribution in [3.05, 3.63) is 0 Å². The number of rotatable bonds is 9. The molecule has 4 aliphatic rings. The normalized spacial score (nSPS) is 30.6. The predicted octanol–water partition coefficient (Wildman–Crippen LogP) is 3.13. The molecule has 182 valence electrons. The van der Waals surface area contributed by atoms with E-state index < -0.39 is 0 Å². The quantitative estimate of drug-likeness (QED) is 0.526. The third-order valence-electron chi connectivity index (χ3n) is 7.79. The number of nitrogens with zero attached hydrogens (tertiary/aromatic N) is 2. The fourth-order valence-corrected chi connectivity index (χ4v) is 6.37. The van der Waals surface area contributed by atoms with Crippen LogP contribution in [-0.2, 0) is 14.3 Å². The molecule has 0 radical (unpaired) electrons. The zero-order chi connectivity index (χ0) is 22.4. The molecule has 4 fully saturated rings. The van der Waals surface area contributed by atoms with Crippen molar-refractivity contribution in [2.75, 3.05) is 57.4 Å². The topological polar surface area (TPSA) is 71.1 Å². The lowest BCUT2D eigenvalue weighted by molar-refractivity contribution is -0.126. The van der Waals surface area contributed by atoms with Gasteiger partial charge in [0, 0.05) is 63.8 Å². The molecule has 3 heterocycles. The fourth-order valence-electron chi connectivity index (χ4n) is 5.70. The monoisotopic (exact) mass is 467 g/mol. The Morgan fingerprint density at radius 3 is 2.66 bits per heavy atom. The summed E-state index contributed by atoms with van der Waals surface area (Å²) in [5.74, 6) is 3.13. The number of carbonyl (C=O) groups is 2. The number of nitrogens with one attached hydrogen (secondary N) is 1. The molecule has 4 rings (SSSR count). The molecule has 0 aromatic heterocycles. The third-order valence-corrected chi connectivity index (χ3v) is 8.67. The maximum Gasteiger partial charge on any atom is 0.410 e. The van der Waals surface area contributed by atoms with E-state index in [9.17, 15) is 9.59 Å². The summed E-state index contributed by atoms with van der Waals surface area (Å²) < 4.78 is 11.5. The van der Waals surface area contributed by atoms with Crippen LogP contribution in [0.3, 0.4) is 0 Å². The SMILES string of the molecule is CCSCCN1CCC2(CC1)CN(CC1CCC(C(=O)NCC3CCCO3)CC1)C(=O)O2. The summed E-state index contributed by atoms with van der Waals surface area (Å²) >= 11 is 1.99. The van der Waals surface area contributed by atoms with E-state index in [4.69, 9.17) is 9.47 Å². The van der Waals surface area contributed by atoms with Gasteiger partial charge in [0.1, 0.15) is 5.60 Å². The third kappa shape index (κ3) is 6.32. The van der Waals surface area contributed by atoms with Gasteiger partial charge < -0.3 is 24.6 Å². The van der Waals surface area contributed by atoms with Gasteiger partial charge in [0.2, 0.25) is 5.91 Å². The van der Waals surface area contributed by atoms with Crippen LogP contribution in [-0.4, -0.2) is 90.9 Å². The van der Waals surface area contributed by atoms with Crippen molar-refractivity contribution >= 4 is 23.8 Å². The Morgan fingerprint density at radius 2 is 1.97 bits per heavy atom. The molecule has 7 nitrogen and oxygen atoms in total. The Bertz CT molecular complexity index is 627. The predicted molar refractivity (Wildman–Crippen MR) is 127 cm³/mol. The standard InChI is InChI=1S/C24H41N3O4S/c1-2-32-15-13-26-11-9-24(10-12-26)18-27(23(29)31-24)17-19-5-7-20(8-6-19)22(28)25-16-21-4-3-14-30-21/h19-21H,2-18H2,1H3,(H,25,28). The second-order valence-electron chi connectivity index (χ2n) is 10.1. The van der Waals surface area contributed by atoms with Gasteiger partial charge in [-0.2, -0.15) is 11.8 Å². The minimum absolute atomic E-state index is 0.111. The largest absolute Gasteiger partial charge is 0.441 e. The van der Waals surface area contributed by atoms with Gasteiger partial charge in [-0.15, -0.1) is 0 Å². The summed E-state index contributed by atoms with van der Waals surface area (Å²) in [5.41, 5.74) is -0.273. The van der Waals surface area contributed by atoms with Gasteiger partial charge in [-0.25, -0.2) is 4.79 Å².